The average molecular weight is 322 g/mol. The third-order valence-corrected chi connectivity index (χ3v) is 5.00. The number of fused-ring (bicyclic) bond motifs is 1. The van der Waals surface area contributed by atoms with E-state index in [1.807, 2.05) is 30.5 Å². The molecule has 0 radical (unpaired) electrons. The summed E-state index contributed by atoms with van der Waals surface area (Å²) in [5.74, 6) is 0.649. The second-order valence-electron chi connectivity index (χ2n) is 6.87. The Hall–Kier alpha value is -2.43. The first-order valence-corrected chi connectivity index (χ1v) is 8.63. The van der Waals surface area contributed by atoms with Crippen LogP contribution in [-0.4, -0.2) is 30.8 Å². The summed E-state index contributed by atoms with van der Waals surface area (Å²) in [6, 6.07) is 8.27. The first-order chi connectivity index (χ1) is 11.7. The molecule has 0 amide bonds. The van der Waals surface area contributed by atoms with E-state index in [9.17, 15) is 4.79 Å². The van der Waals surface area contributed by atoms with E-state index in [1.54, 1.807) is 0 Å². The van der Waals surface area contributed by atoms with E-state index in [0.29, 0.717) is 12.5 Å². The zero-order valence-corrected chi connectivity index (χ0v) is 13.6. The predicted molar refractivity (Wildman–Crippen MR) is 97.0 cm³/mol. The van der Waals surface area contributed by atoms with Gasteiger partial charge in [-0.05, 0) is 43.7 Å². The quantitative estimate of drug-likeness (QED) is 0.646. The highest BCUT2D eigenvalue weighted by Crippen LogP contribution is 2.36. The highest BCUT2D eigenvalue weighted by atomic mass is 16.1. The van der Waals surface area contributed by atoms with Gasteiger partial charge in [-0.3, -0.25) is 4.99 Å². The highest BCUT2D eigenvalue weighted by Gasteiger charge is 2.30. The van der Waals surface area contributed by atoms with Crippen molar-refractivity contribution in [2.45, 2.75) is 31.7 Å². The average Bonchev–Trinajstić information content (AvgIpc) is 3.41. The lowest BCUT2D eigenvalue weighted by atomic mass is 9.82. The molecule has 1 aliphatic heterocycles. The predicted octanol–water partition coefficient (Wildman–Crippen LogP) is 2.86. The molecule has 0 atom stereocenters. The van der Waals surface area contributed by atoms with Gasteiger partial charge >= 0.3 is 0 Å². The van der Waals surface area contributed by atoms with Crippen LogP contribution in [0, 0.1) is 11.8 Å². The van der Waals surface area contributed by atoms with Gasteiger partial charge in [0.1, 0.15) is 6.29 Å². The van der Waals surface area contributed by atoms with Gasteiger partial charge in [0.15, 0.2) is 0 Å². The first kappa shape index (κ1) is 15.1. The van der Waals surface area contributed by atoms with Crippen LogP contribution in [-0.2, 0) is 4.79 Å². The second-order valence-corrected chi connectivity index (χ2v) is 6.87. The van der Waals surface area contributed by atoms with Crippen LogP contribution in [0.3, 0.4) is 0 Å². The van der Waals surface area contributed by atoms with Gasteiger partial charge in [0.2, 0.25) is 0 Å². The fourth-order valence-electron chi connectivity index (χ4n) is 3.21. The van der Waals surface area contributed by atoms with Gasteiger partial charge in [-0.25, -0.2) is 4.99 Å². The number of benzene rings is 1. The van der Waals surface area contributed by atoms with Crippen LogP contribution < -0.4 is 11.1 Å². The number of nitrogens with one attached hydrogen (secondary N) is 1. The maximum absolute atomic E-state index is 10.7. The number of anilines is 1. The normalized spacial score (nSPS) is 26.8. The van der Waals surface area contributed by atoms with Gasteiger partial charge in [-0.2, -0.15) is 0 Å². The van der Waals surface area contributed by atoms with E-state index in [2.05, 4.69) is 10.3 Å². The van der Waals surface area contributed by atoms with Gasteiger partial charge in [-0.15, -0.1) is 0 Å². The van der Waals surface area contributed by atoms with Crippen LogP contribution in [0.4, 0.5) is 11.4 Å². The number of aliphatic imine (C=N–C) groups is 2. The molecule has 4 rings (SSSR count). The van der Waals surface area contributed by atoms with Gasteiger partial charge in [0, 0.05) is 23.4 Å². The minimum atomic E-state index is 0.181. The van der Waals surface area contributed by atoms with Gasteiger partial charge in [0.05, 0.1) is 29.7 Å². The Morgan fingerprint density at radius 1 is 1.29 bits per heavy atom. The minimum absolute atomic E-state index is 0.181. The summed E-state index contributed by atoms with van der Waals surface area (Å²) in [5.41, 5.74) is 11.2. The number of nitrogens with zero attached hydrogens (tertiary/aromatic N) is 2. The molecule has 3 aliphatic rings. The van der Waals surface area contributed by atoms with Crippen molar-refractivity contribution in [2.75, 3.05) is 11.9 Å². The lowest BCUT2D eigenvalue weighted by Gasteiger charge is -2.28. The maximum Gasteiger partial charge on any atom is 0.123 e. The van der Waals surface area contributed by atoms with E-state index < -0.39 is 0 Å². The Morgan fingerprint density at radius 3 is 2.83 bits per heavy atom. The van der Waals surface area contributed by atoms with Gasteiger partial charge < -0.3 is 15.8 Å². The molecule has 1 heterocycles. The molecule has 3 N–H and O–H groups in total. The monoisotopic (exact) mass is 322 g/mol. The summed E-state index contributed by atoms with van der Waals surface area (Å²) < 4.78 is 0. The molecule has 124 valence electrons. The fourth-order valence-corrected chi connectivity index (χ4v) is 3.21. The molecule has 0 spiro atoms. The van der Waals surface area contributed by atoms with E-state index >= 15 is 0 Å². The number of aldehydes is 1. The fraction of sp³-hybridized carbons (Fsp3) is 0.421. The van der Waals surface area contributed by atoms with Crippen molar-refractivity contribution in [3.05, 3.63) is 35.5 Å². The SMILES string of the molecule is NC(=C(C=NC1CC(C=O)C1)C1=Nc2ccccc2NC1)C1CC1. The molecule has 5 heteroatoms. The van der Waals surface area contributed by atoms with E-state index in [0.717, 1.165) is 60.3 Å². The Balaban J connectivity index is 1.60. The summed E-state index contributed by atoms with van der Waals surface area (Å²) in [6.45, 7) is 0.660. The summed E-state index contributed by atoms with van der Waals surface area (Å²) in [4.78, 5) is 20.2. The number of para-hydroxylation sites is 2. The Morgan fingerprint density at radius 2 is 2.08 bits per heavy atom. The zero-order valence-electron chi connectivity index (χ0n) is 13.6. The van der Waals surface area contributed by atoms with Crippen LogP contribution in [0.1, 0.15) is 25.7 Å². The van der Waals surface area contributed by atoms with E-state index in [1.165, 1.54) is 0 Å². The summed E-state index contributed by atoms with van der Waals surface area (Å²) in [7, 11) is 0. The van der Waals surface area contributed by atoms with Crippen LogP contribution in [0.5, 0.6) is 0 Å². The number of carbonyl (C=O) groups is 1. The van der Waals surface area contributed by atoms with Crippen molar-refractivity contribution in [1.82, 2.24) is 0 Å². The second kappa shape index (κ2) is 6.23. The van der Waals surface area contributed by atoms with E-state index in [-0.39, 0.29) is 12.0 Å². The van der Waals surface area contributed by atoms with Gasteiger partial charge in [0.25, 0.3) is 0 Å². The van der Waals surface area contributed by atoms with Crippen molar-refractivity contribution >= 4 is 29.6 Å². The molecule has 24 heavy (non-hydrogen) atoms. The number of rotatable bonds is 5. The van der Waals surface area contributed by atoms with Gasteiger partial charge in [-0.1, -0.05) is 12.1 Å². The smallest absolute Gasteiger partial charge is 0.123 e. The number of carbonyl (C=O) groups excluding carboxylic acids is 1. The van der Waals surface area contributed by atoms with Crippen molar-refractivity contribution in [2.24, 2.45) is 27.6 Å². The molecule has 0 aromatic heterocycles. The summed E-state index contributed by atoms with van der Waals surface area (Å²) >= 11 is 0. The molecule has 0 unspecified atom stereocenters. The highest BCUT2D eigenvalue weighted by molar-refractivity contribution is 6.20. The van der Waals surface area contributed by atoms with Crippen molar-refractivity contribution in [3.63, 3.8) is 0 Å². The van der Waals surface area contributed by atoms with Crippen molar-refractivity contribution < 1.29 is 4.79 Å². The summed E-state index contributed by atoms with van der Waals surface area (Å²) in [6.07, 6.45) is 6.93. The molecule has 0 saturated heterocycles. The van der Waals surface area contributed by atoms with Crippen LogP contribution in [0.25, 0.3) is 0 Å². The van der Waals surface area contributed by atoms with Crippen molar-refractivity contribution in [1.29, 1.82) is 0 Å². The number of allylic oxidation sites excluding steroid dienone is 1. The zero-order chi connectivity index (χ0) is 16.5. The standard InChI is InChI=1S/C19H22N4O/c20-19(13-5-6-13)15(9-21-14-7-12(8-14)11-24)18-10-22-16-3-1-2-4-17(16)23-18/h1-4,9,11-14,22H,5-8,10,20H2. The maximum atomic E-state index is 10.7. The Labute approximate surface area is 141 Å². The Bertz CT molecular complexity index is 739. The van der Waals surface area contributed by atoms with Crippen LogP contribution in [0.15, 0.2) is 45.5 Å². The molecule has 2 aliphatic carbocycles. The molecular weight excluding hydrogens is 300 g/mol. The number of nitrogens with two attached hydrogens (primary N) is 1. The molecule has 2 saturated carbocycles. The lowest BCUT2D eigenvalue weighted by molar-refractivity contribution is -0.113. The molecule has 2 fully saturated rings. The molecule has 5 nitrogen and oxygen atoms in total. The number of hydrogen-bond donors (Lipinski definition) is 2. The lowest BCUT2D eigenvalue weighted by Crippen LogP contribution is -2.29. The molecule has 1 aromatic carbocycles. The van der Waals surface area contributed by atoms with Crippen LogP contribution >= 0.6 is 0 Å². The summed E-state index contributed by atoms with van der Waals surface area (Å²) in [5, 5.41) is 3.41. The topological polar surface area (TPSA) is 79.8 Å². The first-order valence-electron chi connectivity index (χ1n) is 8.63. The molecule has 1 aromatic rings. The largest absolute Gasteiger partial charge is 0.401 e. The molecule has 0 bridgehead atoms. The number of hydrogen-bond acceptors (Lipinski definition) is 5. The minimum Gasteiger partial charge on any atom is -0.401 e. The van der Waals surface area contributed by atoms with Crippen molar-refractivity contribution in [3.8, 4) is 0 Å². The third kappa shape index (κ3) is 2.98. The molecular formula is C19H22N4O. The Kier molecular flexibility index (Phi) is 3.92. The third-order valence-electron chi connectivity index (χ3n) is 5.00. The van der Waals surface area contributed by atoms with E-state index in [4.69, 9.17) is 10.7 Å². The van der Waals surface area contributed by atoms with Crippen LogP contribution in [0.2, 0.25) is 0 Å².